The number of carbonyl (C=O) groups is 2. The van der Waals surface area contributed by atoms with E-state index in [1.54, 1.807) is 12.1 Å². The zero-order chi connectivity index (χ0) is 24.7. The first-order chi connectivity index (χ1) is 16.9. The van der Waals surface area contributed by atoms with Crippen molar-refractivity contribution in [3.8, 4) is 17.2 Å². The third kappa shape index (κ3) is 3.88. The summed E-state index contributed by atoms with van der Waals surface area (Å²) in [5.41, 5.74) is 0.969. The van der Waals surface area contributed by atoms with Gasteiger partial charge in [0.25, 0.3) is 0 Å². The van der Waals surface area contributed by atoms with E-state index in [4.69, 9.17) is 25.8 Å². The van der Waals surface area contributed by atoms with E-state index in [1.807, 2.05) is 13.0 Å². The van der Waals surface area contributed by atoms with E-state index in [-0.39, 0.29) is 34.7 Å². The number of likely N-dealkylation sites (tertiary alicyclic amines) is 1. The molecular formula is C28H30ClNO5. The van der Waals surface area contributed by atoms with Gasteiger partial charge in [-0.2, -0.15) is 0 Å². The van der Waals surface area contributed by atoms with Crippen LogP contribution in [-0.4, -0.2) is 49.4 Å². The maximum absolute atomic E-state index is 14.1. The standard InChI is InChI=1S/C28H30ClNO5/c1-17-13-20(31)15-23(30-11-9-19(10-12-30)14-18-7-5-4-6-8-18)28(17)27(32)24-21(33-2)16-22(34-3)25(29)26(24)35-28/h4-8,15-17,19H,9-14H2,1-3H3/t17-,28+/m1/s1. The molecule has 3 aliphatic rings. The smallest absolute Gasteiger partial charge is 0.220 e. The van der Waals surface area contributed by atoms with Gasteiger partial charge in [0, 0.05) is 37.6 Å². The maximum atomic E-state index is 14.1. The molecule has 6 nitrogen and oxygen atoms in total. The molecule has 0 unspecified atom stereocenters. The number of hydrogen-bond acceptors (Lipinski definition) is 6. The molecule has 2 aromatic rings. The van der Waals surface area contributed by atoms with E-state index in [0.717, 1.165) is 32.4 Å². The summed E-state index contributed by atoms with van der Waals surface area (Å²) in [6.07, 6.45) is 4.82. The molecule has 5 rings (SSSR count). The first-order valence-electron chi connectivity index (χ1n) is 12.1. The second-order valence-electron chi connectivity index (χ2n) is 9.69. The lowest BCUT2D eigenvalue weighted by atomic mass is 9.73. The molecule has 0 amide bonds. The second-order valence-corrected chi connectivity index (χ2v) is 10.1. The molecule has 2 heterocycles. The molecule has 1 spiro atoms. The van der Waals surface area contributed by atoms with Gasteiger partial charge in [-0.05, 0) is 30.7 Å². The molecule has 0 saturated carbocycles. The topological polar surface area (TPSA) is 65.1 Å². The molecule has 2 aromatic carbocycles. The van der Waals surface area contributed by atoms with Crippen LogP contribution in [0.2, 0.25) is 5.02 Å². The lowest BCUT2D eigenvalue weighted by Crippen LogP contribution is -2.56. The van der Waals surface area contributed by atoms with Crippen molar-refractivity contribution in [2.45, 2.75) is 38.2 Å². The van der Waals surface area contributed by atoms with E-state index >= 15 is 0 Å². The molecule has 0 radical (unpaired) electrons. The van der Waals surface area contributed by atoms with Crippen LogP contribution in [0.15, 0.2) is 48.2 Å². The number of ketones is 2. The minimum Gasteiger partial charge on any atom is -0.496 e. The summed E-state index contributed by atoms with van der Waals surface area (Å²) in [5.74, 6) is 0.979. The largest absolute Gasteiger partial charge is 0.496 e. The van der Waals surface area contributed by atoms with Crippen molar-refractivity contribution >= 4 is 23.2 Å². The molecule has 1 fully saturated rings. The average molecular weight is 496 g/mol. The van der Waals surface area contributed by atoms with Crippen LogP contribution in [0.3, 0.4) is 0 Å². The number of allylic oxidation sites excluding steroid dienone is 1. The highest BCUT2D eigenvalue weighted by Crippen LogP contribution is 2.55. The molecule has 0 N–H and O–H groups in total. The minimum absolute atomic E-state index is 0.00697. The van der Waals surface area contributed by atoms with Crippen LogP contribution in [-0.2, 0) is 11.2 Å². The van der Waals surface area contributed by atoms with Gasteiger partial charge in [0.15, 0.2) is 11.5 Å². The lowest BCUT2D eigenvalue weighted by Gasteiger charge is -2.45. The molecule has 2 atom stereocenters. The number of ether oxygens (including phenoxy) is 3. The molecule has 184 valence electrons. The Hall–Kier alpha value is -2.99. The maximum Gasteiger partial charge on any atom is 0.220 e. The number of Topliss-reactive ketones (excluding diaryl/α,β-unsaturated/α-hetero) is 1. The highest BCUT2D eigenvalue weighted by atomic mass is 35.5. The summed E-state index contributed by atoms with van der Waals surface area (Å²) in [4.78, 5) is 29.0. The Bertz CT molecular complexity index is 1190. The van der Waals surface area contributed by atoms with E-state index < -0.39 is 5.60 Å². The van der Waals surface area contributed by atoms with E-state index in [9.17, 15) is 9.59 Å². The lowest BCUT2D eigenvalue weighted by molar-refractivity contribution is -0.118. The van der Waals surface area contributed by atoms with Gasteiger partial charge in [-0.3, -0.25) is 9.59 Å². The predicted molar refractivity (Wildman–Crippen MR) is 134 cm³/mol. The quantitative estimate of drug-likeness (QED) is 0.573. The minimum atomic E-state index is -1.31. The van der Waals surface area contributed by atoms with Crippen LogP contribution in [0.1, 0.15) is 42.1 Å². The van der Waals surface area contributed by atoms with Gasteiger partial charge in [-0.15, -0.1) is 0 Å². The monoisotopic (exact) mass is 495 g/mol. The fraction of sp³-hybridized carbons (Fsp3) is 0.429. The summed E-state index contributed by atoms with van der Waals surface area (Å²) in [5, 5.41) is 0.235. The van der Waals surface area contributed by atoms with Crippen LogP contribution in [0.5, 0.6) is 17.2 Å². The van der Waals surface area contributed by atoms with Crippen LogP contribution < -0.4 is 14.2 Å². The van der Waals surface area contributed by atoms with Crippen molar-refractivity contribution in [1.82, 2.24) is 4.90 Å². The Labute approximate surface area is 210 Å². The van der Waals surface area contributed by atoms with E-state index in [2.05, 4.69) is 29.2 Å². The van der Waals surface area contributed by atoms with Crippen LogP contribution in [0.25, 0.3) is 0 Å². The number of piperidine rings is 1. The van der Waals surface area contributed by atoms with Crippen molar-refractivity contribution in [3.63, 3.8) is 0 Å². The highest BCUT2D eigenvalue weighted by molar-refractivity contribution is 6.35. The fourth-order valence-corrected chi connectivity index (χ4v) is 6.03. The van der Waals surface area contributed by atoms with Crippen molar-refractivity contribution in [3.05, 3.63) is 64.3 Å². The molecular weight excluding hydrogens is 466 g/mol. The molecule has 35 heavy (non-hydrogen) atoms. The normalized spacial score (nSPS) is 24.3. The van der Waals surface area contributed by atoms with Crippen molar-refractivity contribution in [1.29, 1.82) is 0 Å². The summed E-state index contributed by atoms with van der Waals surface area (Å²) in [6.45, 7) is 3.41. The molecule has 2 aliphatic heterocycles. The Morgan fingerprint density at radius 1 is 1.09 bits per heavy atom. The SMILES string of the molecule is COc1cc(OC)c2c(c1Cl)O[C@]1(C2=O)C(N2CCC(Cc3ccccc3)CC2)=CC(=O)C[C@H]1C. The zero-order valence-corrected chi connectivity index (χ0v) is 21.1. The Morgan fingerprint density at radius 2 is 1.77 bits per heavy atom. The number of nitrogens with zero attached hydrogens (tertiary/aromatic N) is 1. The molecule has 0 aromatic heterocycles. The van der Waals surface area contributed by atoms with Crippen molar-refractivity contribution in [2.75, 3.05) is 27.3 Å². The third-order valence-corrected chi connectivity index (χ3v) is 7.98. The van der Waals surface area contributed by atoms with E-state index in [1.165, 1.54) is 19.8 Å². The number of carbonyl (C=O) groups excluding carboxylic acids is 2. The zero-order valence-electron chi connectivity index (χ0n) is 20.3. The van der Waals surface area contributed by atoms with Gasteiger partial charge in [0.2, 0.25) is 11.4 Å². The van der Waals surface area contributed by atoms with Gasteiger partial charge in [0.1, 0.15) is 22.1 Å². The molecule has 1 aliphatic carbocycles. The number of rotatable bonds is 5. The highest BCUT2D eigenvalue weighted by Gasteiger charge is 2.60. The Balaban J connectivity index is 1.47. The van der Waals surface area contributed by atoms with Crippen molar-refractivity contribution in [2.24, 2.45) is 11.8 Å². The number of benzene rings is 2. The predicted octanol–water partition coefficient (Wildman–Crippen LogP) is 5.12. The number of halogens is 1. The number of methoxy groups -OCH3 is 2. The molecule has 0 bridgehead atoms. The van der Waals surface area contributed by atoms with Gasteiger partial charge < -0.3 is 19.1 Å². The number of fused-ring (bicyclic) bond motifs is 1. The first-order valence-corrected chi connectivity index (χ1v) is 12.5. The third-order valence-electron chi connectivity index (χ3n) is 7.62. The van der Waals surface area contributed by atoms with Crippen molar-refractivity contribution < 1.29 is 23.8 Å². The van der Waals surface area contributed by atoms with Crippen LogP contribution in [0, 0.1) is 11.8 Å². The summed E-state index contributed by atoms with van der Waals surface area (Å²) >= 11 is 6.60. The second kappa shape index (κ2) is 9.23. The number of hydrogen-bond donors (Lipinski definition) is 0. The Kier molecular flexibility index (Phi) is 6.26. The Morgan fingerprint density at radius 3 is 2.43 bits per heavy atom. The average Bonchev–Trinajstić information content (AvgIpc) is 3.17. The summed E-state index contributed by atoms with van der Waals surface area (Å²) < 4.78 is 17.4. The van der Waals surface area contributed by atoms with Gasteiger partial charge >= 0.3 is 0 Å². The van der Waals surface area contributed by atoms with Crippen LogP contribution in [0.4, 0.5) is 0 Å². The molecule has 1 saturated heterocycles. The van der Waals surface area contributed by atoms with E-state index in [0.29, 0.717) is 28.7 Å². The summed E-state index contributed by atoms with van der Waals surface area (Å²) in [7, 11) is 3.01. The summed E-state index contributed by atoms with van der Waals surface area (Å²) in [6, 6.07) is 12.1. The van der Waals surface area contributed by atoms with Gasteiger partial charge in [-0.25, -0.2) is 0 Å². The van der Waals surface area contributed by atoms with Gasteiger partial charge in [0.05, 0.1) is 19.9 Å². The van der Waals surface area contributed by atoms with Crippen LogP contribution >= 0.6 is 11.6 Å². The molecule has 7 heteroatoms. The first kappa shape index (κ1) is 23.7. The fourth-order valence-electron chi connectivity index (χ4n) is 5.76. The van der Waals surface area contributed by atoms with Gasteiger partial charge in [-0.1, -0.05) is 48.9 Å².